The van der Waals surface area contributed by atoms with Gasteiger partial charge in [0, 0.05) is 18.0 Å². The molecule has 0 aliphatic rings. The van der Waals surface area contributed by atoms with Crippen LogP contribution in [0.3, 0.4) is 0 Å². The second-order valence-electron chi connectivity index (χ2n) is 4.67. The topological polar surface area (TPSA) is 102 Å². The maximum absolute atomic E-state index is 11.7. The molecule has 7 heteroatoms. The zero-order valence-electron chi connectivity index (χ0n) is 11.5. The van der Waals surface area contributed by atoms with Crippen molar-refractivity contribution in [2.24, 2.45) is 5.92 Å². The van der Waals surface area contributed by atoms with Crippen molar-refractivity contribution in [3.8, 4) is 6.07 Å². The van der Waals surface area contributed by atoms with Crippen molar-refractivity contribution < 1.29 is 14.7 Å². The number of nitrogens with zero attached hydrogens (tertiary/aromatic N) is 1. The molecule has 2 amide bonds. The molecule has 1 atom stereocenters. The summed E-state index contributed by atoms with van der Waals surface area (Å²) in [5, 5.41) is 23.1. The molecule has 1 aromatic carbocycles. The Labute approximate surface area is 127 Å². The van der Waals surface area contributed by atoms with Gasteiger partial charge in [0.15, 0.2) is 0 Å². The maximum Gasteiger partial charge on any atom is 0.319 e. The van der Waals surface area contributed by atoms with Gasteiger partial charge in [-0.3, -0.25) is 4.79 Å². The fourth-order valence-electron chi connectivity index (χ4n) is 1.62. The van der Waals surface area contributed by atoms with Crippen LogP contribution in [0.15, 0.2) is 18.2 Å². The third kappa shape index (κ3) is 6.15. The van der Waals surface area contributed by atoms with Gasteiger partial charge in [-0.05, 0) is 30.5 Å². The molecule has 1 aromatic rings. The predicted molar refractivity (Wildman–Crippen MR) is 79.2 cm³/mol. The number of anilines is 1. The molecule has 0 fully saturated rings. The van der Waals surface area contributed by atoms with Crippen molar-refractivity contribution in [2.45, 2.75) is 19.8 Å². The van der Waals surface area contributed by atoms with Crippen LogP contribution >= 0.6 is 11.6 Å². The van der Waals surface area contributed by atoms with Gasteiger partial charge in [0.1, 0.15) is 6.07 Å². The van der Waals surface area contributed by atoms with Gasteiger partial charge in [0.25, 0.3) is 0 Å². The fraction of sp³-hybridized carbons (Fsp3) is 0.357. The quantitative estimate of drug-likeness (QED) is 0.751. The van der Waals surface area contributed by atoms with E-state index >= 15 is 0 Å². The summed E-state index contributed by atoms with van der Waals surface area (Å²) in [6.45, 7) is 2.20. The molecule has 112 valence electrons. The van der Waals surface area contributed by atoms with Crippen molar-refractivity contribution in [3.63, 3.8) is 0 Å². The molecule has 0 saturated carbocycles. The first-order chi connectivity index (χ1) is 9.92. The third-order valence-corrected chi connectivity index (χ3v) is 3.05. The lowest BCUT2D eigenvalue weighted by atomic mass is 10.1. The lowest BCUT2D eigenvalue weighted by Gasteiger charge is -2.13. The minimum Gasteiger partial charge on any atom is -0.481 e. The lowest BCUT2D eigenvalue weighted by molar-refractivity contribution is -0.137. The van der Waals surface area contributed by atoms with Crippen LogP contribution in [0.5, 0.6) is 0 Å². The Balaban J connectivity index is 2.49. The highest BCUT2D eigenvalue weighted by Gasteiger charge is 2.10. The zero-order valence-corrected chi connectivity index (χ0v) is 12.3. The highest BCUT2D eigenvalue weighted by atomic mass is 35.5. The van der Waals surface area contributed by atoms with Crippen LogP contribution in [0.1, 0.15) is 25.3 Å². The number of hydrogen-bond donors (Lipinski definition) is 3. The number of aliphatic carboxylic acids is 1. The molecule has 0 bridgehead atoms. The van der Waals surface area contributed by atoms with E-state index in [-0.39, 0.29) is 12.3 Å². The number of halogens is 1. The molecule has 0 aliphatic heterocycles. The lowest BCUT2D eigenvalue weighted by Crippen LogP contribution is -2.32. The molecule has 0 saturated heterocycles. The van der Waals surface area contributed by atoms with Gasteiger partial charge in [0.2, 0.25) is 0 Å². The molecule has 0 heterocycles. The number of carboxylic acid groups (broad SMARTS) is 1. The van der Waals surface area contributed by atoms with E-state index in [9.17, 15) is 9.59 Å². The SMILES string of the molecule is CC(CCC(=O)O)CNC(=O)Nc1cc(Cl)ccc1C#N. The van der Waals surface area contributed by atoms with Gasteiger partial charge in [0.05, 0.1) is 11.3 Å². The monoisotopic (exact) mass is 309 g/mol. The number of hydrogen-bond acceptors (Lipinski definition) is 3. The van der Waals surface area contributed by atoms with Crippen LogP contribution in [0.2, 0.25) is 5.02 Å². The van der Waals surface area contributed by atoms with Gasteiger partial charge in [-0.1, -0.05) is 18.5 Å². The molecule has 21 heavy (non-hydrogen) atoms. The van der Waals surface area contributed by atoms with E-state index in [1.165, 1.54) is 12.1 Å². The van der Waals surface area contributed by atoms with Gasteiger partial charge < -0.3 is 15.7 Å². The number of rotatable bonds is 6. The van der Waals surface area contributed by atoms with Crippen molar-refractivity contribution in [3.05, 3.63) is 28.8 Å². The number of amides is 2. The molecule has 0 aromatic heterocycles. The third-order valence-electron chi connectivity index (χ3n) is 2.81. The van der Waals surface area contributed by atoms with Crippen LogP contribution in [-0.2, 0) is 4.79 Å². The second-order valence-corrected chi connectivity index (χ2v) is 5.11. The van der Waals surface area contributed by atoms with E-state index in [0.717, 1.165) is 0 Å². The number of carbonyl (C=O) groups excluding carboxylic acids is 1. The van der Waals surface area contributed by atoms with Gasteiger partial charge in [-0.2, -0.15) is 5.26 Å². The molecular formula is C14H16ClN3O3. The van der Waals surface area contributed by atoms with Gasteiger partial charge >= 0.3 is 12.0 Å². The van der Waals surface area contributed by atoms with Crippen molar-refractivity contribution in [2.75, 3.05) is 11.9 Å². The Bertz CT molecular complexity index is 569. The summed E-state index contributed by atoms with van der Waals surface area (Å²) in [5.74, 6) is -0.814. The Kier molecular flexibility index (Phi) is 6.50. The summed E-state index contributed by atoms with van der Waals surface area (Å²) in [5.41, 5.74) is 0.647. The molecule has 1 unspecified atom stereocenters. The van der Waals surface area contributed by atoms with Gasteiger partial charge in [-0.15, -0.1) is 0 Å². The molecule has 3 N–H and O–H groups in total. The van der Waals surface area contributed by atoms with E-state index in [0.29, 0.717) is 29.2 Å². The van der Waals surface area contributed by atoms with Crippen molar-refractivity contribution >= 4 is 29.3 Å². The average molecular weight is 310 g/mol. The molecule has 0 radical (unpaired) electrons. The van der Waals surface area contributed by atoms with Crippen molar-refractivity contribution in [1.82, 2.24) is 5.32 Å². The van der Waals surface area contributed by atoms with Crippen LogP contribution < -0.4 is 10.6 Å². The fourth-order valence-corrected chi connectivity index (χ4v) is 1.79. The first-order valence-corrected chi connectivity index (χ1v) is 6.76. The number of carbonyl (C=O) groups is 2. The minimum absolute atomic E-state index is 0.0432. The van der Waals surface area contributed by atoms with Crippen LogP contribution in [0.4, 0.5) is 10.5 Å². The normalized spacial score (nSPS) is 11.3. The number of nitrogens with one attached hydrogen (secondary N) is 2. The number of nitriles is 1. The number of urea groups is 1. The summed E-state index contributed by atoms with van der Waals surface area (Å²) in [4.78, 5) is 22.2. The van der Waals surface area contributed by atoms with Crippen LogP contribution in [0, 0.1) is 17.2 Å². The van der Waals surface area contributed by atoms with Crippen LogP contribution in [-0.4, -0.2) is 23.7 Å². The van der Waals surface area contributed by atoms with E-state index < -0.39 is 12.0 Å². The van der Waals surface area contributed by atoms with Gasteiger partial charge in [-0.25, -0.2) is 4.79 Å². The molecule has 6 nitrogen and oxygen atoms in total. The van der Waals surface area contributed by atoms with E-state index in [2.05, 4.69) is 10.6 Å². The smallest absolute Gasteiger partial charge is 0.319 e. The number of carboxylic acids is 1. The largest absolute Gasteiger partial charge is 0.481 e. The highest BCUT2D eigenvalue weighted by Crippen LogP contribution is 2.20. The Morgan fingerprint density at radius 3 is 2.81 bits per heavy atom. The van der Waals surface area contributed by atoms with Crippen molar-refractivity contribution in [1.29, 1.82) is 5.26 Å². The molecule has 0 aliphatic carbocycles. The summed E-state index contributed by atoms with van der Waals surface area (Å²) in [6.07, 6.45) is 0.549. The predicted octanol–water partition coefficient (Wildman–Crippen LogP) is 2.83. The molecule has 0 spiro atoms. The Morgan fingerprint density at radius 2 is 2.19 bits per heavy atom. The van der Waals surface area contributed by atoms with Crippen LogP contribution in [0.25, 0.3) is 0 Å². The standard InChI is InChI=1S/C14H16ClN3O3/c1-9(2-5-13(19)20)8-17-14(21)18-12-6-11(15)4-3-10(12)7-16/h3-4,6,9H,2,5,8H2,1H3,(H,19,20)(H2,17,18,21). The summed E-state index contributed by atoms with van der Waals surface area (Å²) in [7, 11) is 0. The molecular weight excluding hydrogens is 294 g/mol. The first-order valence-electron chi connectivity index (χ1n) is 6.38. The Hall–Kier alpha value is -2.26. The first kappa shape index (κ1) is 16.8. The maximum atomic E-state index is 11.7. The minimum atomic E-state index is -0.858. The van der Waals surface area contributed by atoms with E-state index in [1.807, 2.05) is 13.0 Å². The second kappa shape index (κ2) is 8.12. The summed E-state index contributed by atoms with van der Waals surface area (Å²) < 4.78 is 0. The molecule has 1 rings (SSSR count). The average Bonchev–Trinajstić information content (AvgIpc) is 2.43. The number of benzene rings is 1. The Morgan fingerprint density at radius 1 is 1.48 bits per heavy atom. The van der Waals surface area contributed by atoms with E-state index in [1.54, 1.807) is 6.07 Å². The highest BCUT2D eigenvalue weighted by molar-refractivity contribution is 6.31. The zero-order chi connectivity index (χ0) is 15.8. The summed E-state index contributed by atoms with van der Waals surface area (Å²) >= 11 is 5.82. The van der Waals surface area contributed by atoms with E-state index in [4.69, 9.17) is 22.0 Å². The summed E-state index contributed by atoms with van der Waals surface area (Å²) in [6, 6.07) is 6.08.